The van der Waals surface area contributed by atoms with Gasteiger partial charge in [-0.1, -0.05) is 41.1 Å². The van der Waals surface area contributed by atoms with Crippen LogP contribution >= 0.6 is 23.4 Å². The van der Waals surface area contributed by atoms with Crippen molar-refractivity contribution in [1.82, 2.24) is 4.90 Å². The molecule has 2 aromatic carbocycles. The van der Waals surface area contributed by atoms with Crippen LogP contribution in [0.15, 0.2) is 41.4 Å². The second-order valence-corrected chi connectivity index (χ2v) is 8.14. The first-order valence-electron chi connectivity index (χ1n) is 8.59. The number of anilines is 1. The van der Waals surface area contributed by atoms with Gasteiger partial charge in [0.15, 0.2) is 5.17 Å². The number of amides is 2. The van der Waals surface area contributed by atoms with Gasteiger partial charge in [-0.05, 0) is 43.7 Å². The molecule has 1 heterocycles. The number of hydrogen-bond donors (Lipinski definition) is 1. The number of carbonyl (C=O) groups excluding carboxylic acids is 2. The lowest BCUT2D eigenvalue weighted by Gasteiger charge is -2.11. The van der Waals surface area contributed by atoms with E-state index < -0.39 is 11.1 Å². The number of halogens is 2. The lowest BCUT2D eigenvalue weighted by atomic mass is 10.1. The molecule has 28 heavy (non-hydrogen) atoms. The molecule has 5 nitrogen and oxygen atoms in total. The van der Waals surface area contributed by atoms with E-state index in [2.05, 4.69) is 10.3 Å². The number of carbonyl (C=O) groups is 2. The lowest BCUT2D eigenvalue weighted by molar-refractivity contribution is -0.127. The Morgan fingerprint density at radius 3 is 2.71 bits per heavy atom. The minimum Gasteiger partial charge on any atom is -0.326 e. The van der Waals surface area contributed by atoms with E-state index in [1.165, 1.54) is 34.9 Å². The maximum atomic E-state index is 13.3. The van der Waals surface area contributed by atoms with E-state index in [9.17, 15) is 14.0 Å². The van der Waals surface area contributed by atoms with Crippen LogP contribution in [0, 0.1) is 19.7 Å². The van der Waals surface area contributed by atoms with Crippen molar-refractivity contribution < 1.29 is 14.0 Å². The van der Waals surface area contributed by atoms with Crippen LogP contribution in [-0.4, -0.2) is 34.2 Å². The van der Waals surface area contributed by atoms with Gasteiger partial charge >= 0.3 is 0 Å². The number of amidine groups is 1. The largest absolute Gasteiger partial charge is 0.326 e. The van der Waals surface area contributed by atoms with Crippen LogP contribution in [-0.2, 0) is 9.59 Å². The normalized spacial score (nSPS) is 18.0. The van der Waals surface area contributed by atoms with Gasteiger partial charge in [0.2, 0.25) is 11.8 Å². The van der Waals surface area contributed by atoms with Crippen molar-refractivity contribution in [1.29, 1.82) is 0 Å². The van der Waals surface area contributed by atoms with Crippen molar-refractivity contribution in [2.24, 2.45) is 4.99 Å². The van der Waals surface area contributed by atoms with Gasteiger partial charge in [-0.2, -0.15) is 0 Å². The Kier molecular flexibility index (Phi) is 6.05. The highest BCUT2D eigenvalue weighted by Crippen LogP contribution is 2.32. The summed E-state index contributed by atoms with van der Waals surface area (Å²) >= 11 is 6.98. The summed E-state index contributed by atoms with van der Waals surface area (Å²) in [4.78, 5) is 30.7. The summed E-state index contributed by atoms with van der Waals surface area (Å²) in [5.41, 5.74) is 3.25. The van der Waals surface area contributed by atoms with Gasteiger partial charge < -0.3 is 5.32 Å². The van der Waals surface area contributed by atoms with Crippen molar-refractivity contribution in [3.63, 3.8) is 0 Å². The monoisotopic (exact) mass is 419 g/mol. The molecule has 1 N–H and O–H groups in total. The summed E-state index contributed by atoms with van der Waals surface area (Å²) in [6.45, 7) is 3.90. The second-order valence-electron chi connectivity index (χ2n) is 6.57. The first kappa shape index (κ1) is 20.4. The summed E-state index contributed by atoms with van der Waals surface area (Å²) in [6, 6.07) is 9.85. The fraction of sp³-hybridized carbons (Fsp3) is 0.250. The molecule has 0 aromatic heterocycles. The Balaban J connectivity index is 1.69. The van der Waals surface area contributed by atoms with Gasteiger partial charge in [0.1, 0.15) is 11.1 Å². The van der Waals surface area contributed by atoms with E-state index >= 15 is 0 Å². The van der Waals surface area contributed by atoms with Crippen LogP contribution in [0.1, 0.15) is 17.5 Å². The van der Waals surface area contributed by atoms with Crippen molar-refractivity contribution in [3.8, 4) is 0 Å². The average Bonchev–Trinajstić information content (AvgIpc) is 2.88. The van der Waals surface area contributed by atoms with E-state index in [4.69, 9.17) is 11.6 Å². The zero-order valence-corrected chi connectivity index (χ0v) is 17.2. The third-order valence-electron chi connectivity index (χ3n) is 4.30. The second kappa shape index (κ2) is 8.32. The third-order valence-corrected chi connectivity index (χ3v) is 5.81. The molecule has 2 aromatic rings. The predicted octanol–water partition coefficient (Wildman–Crippen LogP) is 4.69. The molecule has 0 bridgehead atoms. The van der Waals surface area contributed by atoms with Crippen molar-refractivity contribution in [3.05, 3.63) is 58.4 Å². The Hall–Kier alpha value is -2.38. The van der Waals surface area contributed by atoms with Crippen LogP contribution in [0.2, 0.25) is 5.02 Å². The molecular formula is C20H19ClFN3O2S. The number of benzene rings is 2. The predicted molar refractivity (Wildman–Crippen MR) is 112 cm³/mol. The van der Waals surface area contributed by atoms with Crippen molar-refractivity contribution in [2.45, 2.75) is 25.5 Å². The molecule has 1 aliphatic rings. The molecule has 1 fully saturated rings. The summed E-state index contributed by atoms with van der Waals surface area (Å²) in [7, 11) is 1.60. The number of nitrogens with zero attached hydrogens (tertiary/aromatic N) is 2. The number of aliphatic imine (C=N–C) groups is 1. The van der Waals surface area contributed by atoms with Gasteiger partial charge in [-0.3, -0.25) is 14.5 Å². The molecule has 0 saturated carbocycles. The molecular weight excluding hydrogens is 401 g/mol. The highest BCUT2D eigenvalue weighted by molar-refractivity contribution is 8.15. The highest BCUT2D eigenvalue weighted by atomic mass is 35.5. The van der Waals surface area contributed by atoms with Gasteiger partial charge in [-0.25, -0.2) is 9.38 Å². The summed E-state index contributed by atoms with van der Waals surface area (Å²) in [6.07, 6.45) is 0.0321. The Bertz CT molecular complexity index is 980. The molecule has 0 aliphatic carbocycles. The van der Waals surface area contributed by atoms with Crippen molar-refractivity contribution in [2.75, 3.05) is 12.4 Å². The number of nitrogens with one attached hydrogen (secondary N) is 1. The van der Waals surface area contributed by atoms with E-state index in [0.29, 0.717) is 10.9 Å². The van der Waals surface area contributed by atoms with Gasteiger partial charge in [0.05, 0.1) is 10.7 Å². The fourth-order valence-electron chi connectivity index (χ4n) is 2.79. The van der Waals surface area contributed by atoms with Crippen LogP contribution in [0.4, 0.5) is 15.8 Å². The molecule has 1 saturated heterocycles. The van der Waals surface area contributed by atoms with E-state index in [1.807, 2.05) is 32.0 Å². The van der Waals surface area contributed by atoms with Crippen LogP contribution in [0.25, 0.3) is 0 Å². The van der Waals surface area contributed by atoms with Gasteiger partial charge in [-0.15, -0.1) is 0 Å². The summed E-state index contributed by atoms with van der Waals surface area (Å²) in [5, 5.41) is 2.69. The molecule has 0 unspecified atom stereocenters. The Morgan fingerprint density at radius 2 is 2.04 bits per heavy atom. The van der Waals surface area contributed by atoms with E-state index in [-0.39, 0.29) is 23.3 Å². The average molecular weight is 420 g/mol. The maximum Gasteiger partial charge on any atom is 0.242 e. The highest BCUT2D eigenvalue weighted by Gasteiger charge is 2.37. The van der Waals surface area contributed by atoms with Crippen molar-refractivity contribution >= 4 is 51.7 Å². The molecule has 146 valence electrons. The molecule has 2 amide bonds. The summed E-state index contributed by atoms with van der Waals surface area (Å²) in [5.74, 6) is -0.972. The molecule has 0 spiro atoms. The maximum absolute atomic E-state index is 13.3. The molecule has 1 aliphatic heterocycles. The number of aryl methyl sites for hydroxylation is 2. The van der Waals surface area contributed by atoms with Crippen LogP contribution < -0.4 is 5.32 Å². The molecule has 8 heteroatoms. The first-order valence-corrected chi connectivity index (χ1v) is 9.85. The van der Waals surface area contributed by atoms with E-state index in [0.717, 1.165) is 16.8 Å². The number of rotatable bonds is 4. The van der Waals surface area contributed by atoms with Crippen LogP contribution in [0.3, 0.4) is 0 Å². The molecule has 3 rings (SSSR count). The minimum atomic E-state index is -0.564. The first-order chi connectivity index (χ1) is 13.2. The van der Waals surface area contributed by atoms with E-state index in [1.54, 1.807) is 7.05 Å². The molecule has 0 radical (unpaired) electrons. The SMILES string of the molecule is Cc1ccc(NC(=O)C[C@H]2SC(=Nc3ccc(F)c(Cl)c3)N(C)C2=O)c(C)c1. The third kappa shape index (κ3) is 4.54. The standard InChI is InChI=1S/C20H19ClFN3O2S/c1-11-4-7-16(12(2)8-11)24-18(26)10-17-19(27)25(3)20(28-17)23-13-5-6-15(22)14(21)9-13/h4-9,17H,10H2,1-3H3,(H,24,26)/t17-/m1/s1. The molecule has 1 atom stereocenters. The Labute approximate surface area is 172 Å². The minimum absolute atomic E-state index is 0.0321. The van der Waals surface area contributed by atoms with Gasteiger partial charge in [0.25, 0.3) is 0 Å². The summed E-state index contributed by atoms with van der Waals surface area (Å²) < 4.78 is 13.3. The number of thioether (sulfide) groups is 1. The number of hydrogen-bond acceptors (Lipinski definition) is 4. The Morgan fingerprint density at radius 1 is 1.29 bits per heavy atom. The smallest absolute Gasteiger partial charge is 0.242 e. The zero-order chi connectivity index (χ0) is 20.4. The zero-order valence-electron chi connectivity index (χ0n) is 15.6. The fourth-order valence-corrected chi connectivity index (χ4v) is 4.11. The topological polar surface area (TPSA) is 61.8 Å². The lowest BCUT2D eigenvalue weighted by Crippen LogP contribution is -2.30. The van der Waals surface area contributed by atoms with Crippen LogP contribution in [0.5, 0.6) is 0 Å². The quantitative estimate of drug-likeness (QED) is 0.782. The van der Waals surface area contributed by atoms with Gasteiger partial charge in [0, 0.05) is 19.2 Å².